The molecule has 41 heavy (non-hydrogen) atoms. The number of alkyl halides is 1. The summed E-state index contributed by atoms with van der Waals surface area (Å²) in [5.74, 6) is -2.13. The van der Waals surface area contributed by atoms with E-state index in [2.05, 4.69) is 26.6 Å². The highest BCUT2D eigenvalue weighted by Gasteiger charge is 2.76. The first-order chi connectivity index (χ1) is 19.8. The molecule has 3 aliphatic rings. The van der Waals surface area contributed by atoms with Crippen molar-refractivity contribution in [2.45, 2.75) is 48.9 Å². The molecule has 3 saturated heterocycles. The summed E-state index contributed by atoms with van der Waals surface area (Å²) in [6, 6.07) is 18.8. The van der Waals surface area contributed by atoms with Crippen LogP contribution in [0.5, 0.6) is 5.75 Å². The number of carbonyl (C=O) groups is 3. The van der Waals surface area contributed by atoms with Crippen molar-refractivity contribution in [2.75, 3.05) is 23.8 Å². The molecule has 0 aromatic heterocycles. The van der Waals surface area contributed by atoms with Crippen molar-refractivity contribution in [2.24, 2.45) is 11.8 Å². The Morgan fingerprint density at radius 2 is 1.76 bits per heavy atom. The Kier molecular flexibility index (Phi) is 7.25. The number of rotatable bonds is 8. The number of ether oxygens (including phenoxy) is 2. The molecule has 10 heteroatoms. The summed E-state index contributed by atoms with van der Waals surface area (Å²) in [4.78, 5) is 43.0. The Bertz CT molecular complexity index is 1500. The van der Waals surface area contributed by atoms with Crippen molar-refractivity contribution in [1.82, 2.24) is 4.90 Å². The maximum atomic E-state index is 14.0. The first-order valence-electron chi connectivity index (χ1n) is 13.9. The molecular weight excluding hydrogens is 590 g/mol. The average molecular weight is 623 g/mol. The lowest BCUT2D eigenvalue weighted by Crippen LogP contribution is -2.56. The van der Waals surface area contributed by atoms with Gasteiger partial charge < -0.3 is 30.1 Å². The van der Waals surface area contributed by atoms with Gasteiger partial charge in [-0.1, -0.05) is 46.3 Å². The van der Waals surface area contributed by atoms with Crippen LogP contribution >= 0.6 is 15.9 Å². The zero-order valence-corrected chi connectivity index (χ0v) is 24.3. The molecule has 3 aromatic rings. The van der Waals surface area contributed by atoms with E-state index in [4.69, 9.17) is 9.47 Å². The summed E-state index contributed by atoms with van der Waals surface area (Å²) in [6.45, 7) is 3.79. The van der Waals surface area contributed by atoms with E-state index in [1.807, 2.05) is 49.4 Å². The second-order valence-corrected chi connectivity index (χ2v) is 12.1. The van der Waals surface area contributed by atoms with Crippen LogP contribution < -0.4 is 15.4 Å². The van der Waals surface area contributed by atoms with Crippen LogP contribution in [-0.2, 0) is 19.1 Å². The number of fused-ring (bicyclic) bond motifs is 2. The molecule has 3 aromatic carbocycles. The minimum atomic E-state index is -1.22. The number of nitrogens with one attached hydrogen (secondary N) is 2. The number of anilines is 2. The third kappa shape index (κ3) is 4.58. The first-order valence-corrected chi connectivity index (χ1v) is 14.8. The number of nitrogens with zero attached hydrogens (tertiary/aromatic N) is 1. The summed E-state index contributed by atoms with van der Waals surface area (Å²) >= 11 is 3.68. The SMILES string of the molecule is CCOc1ccc(NC(=O)[C@H]2[C@H]3C(=O)N([C@H](C)CO)C(C(=O)Nc4ccc5ccccc5c4)C34CC(Br)[C@@H]2O4)cc1. The normalized spacial score (nSPS) is 28.9. The number of hydrogen-bond acceptors (Lipinski definition) is 6. The molecule has 3 fully saturated rings. The van der Waals surface area contributed by atoms with Gasteiger partial charge >= 0.3 is 0 Å². The van der Waals surface area contributed by atoms with Crippen LogP contribution in [0, 0.1) is 11.8 Å². The fourth-order valence-electron chi connectivity index (χ4n) is 6.73. The Balaban J connectivity index is 1.31. The number of aliphatic hydroxyl groups excluding tert-OH is 1. The molecule has 3 aliphatic heterocycles. The van der Waals surface area contributed by atoms with Gasteiger partial charge in [-0.15, -0.1) is 0 Å². The molecule has 214 valence electrons. The number of benzene rings is 3. The van der Waals surface area contributed by atoms with Crippen LogP contribution in [0.1, 0.15) is 20.3 Å². The van der Waals surface area contributed by atoms with Gasteiger partial charge in [0.05, 0.1) is 37.2 Å². The van der Waals surface area contributed by atoms with Gasteiger partial charge in [-0.2, -0.15) is 0 Å². The molecule has 9 nitrogen and oxygen atoms in total. The van der Waals surface area contributed by atoms with Gasteiger partial charge in [0.25, 0.3) is 0 Å². The second-order valence-electron chi connectivity index (χ2n) is 10.9. The number of amides is 3. The van der Waals surface area contributed by atoms with Gasteiger partial charge in [0.1, 0.15) is 17.4 Å². The van der Waals surface area contributed by atoms with E-state index in [1.54, 1.807) is 31.2 Å². The fraction of sp³-hybridized carbons (Fsp3) is 0.387. The fourth-order valence-corrected chi connectivity index (χ4v) is 7.68. The predicted octanol–water partition coefficient (Wildman–Crippen LogP) is 3.94. The molecule has 1 spiro atoms. The molecule has 0 radical (unpaired) electrons. The summed E-state index contributed by atoms with van der Waals surface area (Å²) in [6.07, 6.45) is -0.208. The molecule has 3 unspecified atom stereocenters. The highest BCUT2D eigenvalue weighted by Crippen LogP contribution is 2.60. The van der Waals surface area contributed by atoms with Crippen molar-refractivity contribution in [3.05, 3.63) is 66.7 Å². The molecule has 3 amide bonds. The quantitative estimate of drug-likeness (QED) is 0.328. The predicted molar refractivity (Wildman–Crippen MR) is 158 cm³/mol. The minimum absolute atomic E-state index is 0.233. The third-order valence-corrected chi connectivity index (χ3v) is 9.31. The van der Waals surface area contributed by atoms with Gasteiger partial charge in [0.2, 0.25) is 17.7 Å². The molecule has 0 aliphatic carbocycles. The van der Waals surface area contributed by atoms with E-state index >= 15 is 0 Å². The number of hydrogen-bond donors (Lipinski definition) is 3. The third-order valence-electron chi connectivity index (χ3n) is 8.47. The van der Waals surface area contributed by atoms with Crippen LogP contribution in [0.3, 0.4) is 0 Å². The highest BCUT2D eigenvalue weighted by molar-refractivity contribution is 9.09. The largest absolute Gasteiger partial charge is 0.494 e. The van der Waals surface area contributed by atoms with E-state index in [0.29, 0.717) is 30.2 Å². The Labute approximate surface area is 246 Å². The van der Waals surface area contributed by atoms with Crippen LogP contribution in [0.2, 0.25) is 0 Å². The van der Waals surface area contributed by atoms with Gasteiger partial charge in [-0.25, -0.2) is 0 Å². The molecule has 2 bridgehead atoms. The van der Waals surface area contributed by atoms with Gasteiger partial charge in [-0.05, 0) is 67.4 Å². The van der Waals surface area contributed by atoms with Crippen molar-refractivity contribution < 1.29 is 29.0 Å². The maximum absolute atomic E-state index is 14.0. The Morgan fingerprint density at radius 3 is 2.46 bits per heavy atom. The minimum Gasteiger partial charge on any atom is -0.494 e. The standard InChI is InChI=1S/C31H32BrN3O6/c1-3-40-22-12-10-20(11-13-22)33-28(37)24-25-30(39)35(17(2)16-36)27(31(25)15-23(32)26(24)41-31)29(38)34-21-9-8-18-6-4-5-7-19(18)14-21/h4-14,17,23-27,36H,3,15-16H2,1-2H3,(H,33,37)(H,34,38)/t17-,23?,24+,25+,26+,27?,31?/m1/s1. The summed E-state index contributed by atoms with van der Waals surface area (Å²) < 4.78 is 12.0. The number of aliphatic hydroxyl groups is 1. The molecule has 6 rings (SSSR count). The summed E-state index contributed by atoms with van der Waals surface area (Å²) in [7, 11) is 0. The topological polar surface area (TPSA) is 117 Å². The van der Waals surface area contributed by atoms with Crippen molar-refractivity contribution in [3.63, 3.8) is 0 Å². The maximum Gasteiger partial charge on any atom is 0.250 e. The highest BCUT2D eigenvalue weighted by atomic mass is 79.9. The second kappa shape index (κ2) is 10.7. The lowest BCUT2D eigenvalue weighted by molar-refractivity contribution is -0.142. The van der Waals surface area contributed by atoms with Crippen LogP contribution in [0.25, 0.3) is 10.8 Å². The average Bonchev–Trinajstić information content (AvgIpc) is 3.57. The lowest BCUT2D eigenvalue weighted by atomic mass is 9.70. The molecular formula is C31H32BrN3O6. The molecule has 7 atom stereocenters. The summed E-state index contributed by atoms with van der Waals surface area (Å²) in [5, 5.41) is 18.0. The lowest BCUT2D eigenvalue weighted by Gasteiger charge is -2.35. The van der Waals surface area contributed by atoms with Crippen LogP contribution in [0.4, 0.5) is 11.4 Å². The first kappa shape index (κ1) is 27.7. The molecule has 3 N–H and O–H groups in total. The smallest absolute Gasteiger partial charge is 0.250 e. The Morgan fingerprint density at radius 1 is 1.07 bits per heavy atom. The van der Waals surface area contributed by atoms with E-state index in [-0.39, 0.29) is 23.2 Å². The molecule has 3 heterocycles. The van der Waals surface area contributed by atoms with E-state index in [9.17, 15) is 19.5 Å². The van der Waals surface area contributed by atoms with Crippen molar-refractivity contribution in [3.8, 4) is 5.75 Å². The van der Waals surface area contributed by atoms with E-state index in [1.165, 1.54) is 4.90 Å². The molecule has 0 saturated carbocycles. The number of likely N-dealkylation sites (tertiary alicyclic amines) is 1. The number of halogens is 1. The zero-order chi connectivity index (χ0) is 28.9. The monoisotopic (exact) mass is 621 g/mol. The van der Waals surface area contributed by atoms with E-state index < -0.39 is 41.5 Å². The van der Waals surface area contributed by atoms with Crippen LogP contribution in [-0.4, -0.2) is 69.6 Å². The van der Waals surface area contributed by atoms with Crippen LogP contribution in [0.15, 0.2) is 66.7 Å². The van der Waals surface area contributed by atoms with E-state index in [0.717, 1.165) is 10.8 Å². The van der Waals surface area contributed by atoms with Gasteiger partial charge in [0, 0.05) is 16.2 Å². The summed E-state index contributed by atoms with van der Waals surface area (Å²) in [5.41, 5.74) is -0.0652. The zero-order valence-electron chi connectivity index (χ0n) is 22.7. The van der Waals surface area contributed by atoms with Gasteiger partial charge in [-0.3, -0.25) is 14.4 Å². The van der Waals surface area contributed by atoms with Crippen molar-refractivity contribution in [1.29, 1.82) is 0 Å². The van der Waals surface area contributed by atoms with Crippen molar-refractivity contribution >= 4 is 55.8 Å². The number of carbonyl (C=O) groups excluding carboxylic acids is 3. The Hall–Kier alpha value is -3.47. The van der Waals surface area contributed by atoms with Gasteiger partial charge in [0.15, 0.2) is 0 Å².